The van der Waals surface area contributed by atoms with Gasteiger partial charge in [0.05, 0.1) is 5.56 Å². The molecule has 3 N–H and O–H groups in total. The zero-order valence-corrected chi connectivity index (χ0v) is 10.6. The van der Waals surface area contributed by atoms with Crippen molar-refractivity contribution in [3.63, 3.8) is 0 Å². The van der Waals surface area contributed by atoms with E-state index in [1.54, 1.807) is 13.8 Å². The second-order valence-electron chi connectivity index (χ2n) is 4.12. The minimum absolute atomic E-state index is 0.174. The SMILES string of the molecule is Cc1cc(C(=O)NC(CCC(=O)O)C(=O)O)c(C)o1. The van der Waals surface area contributed by atoms with E-state index < -0.39 is 23.9 Å². The van der Waals surface area contributed by atoms with E-state index in [2.05, 4.69) is 5.32 Å². The van der Waals surface area contributed by atoms with Gasteiger partial charge in [-0.1, -0.05) is 0 Å². The predicted octanol–water partition coefficient (Wildman–Crippen LogP) is 0.944. The van der Waals surface area contributed by atoms with Crippen LogP contribution < -0.4 is 5.32 Å². The molecule has 1 aromatic rings. The average molecular weight is 269 g/mol. The van der Waals surface area contributed by atoms with Gasteiger partial charge < -0.3 is 19.9 Å². The molecule has 0 aliphatic carbocycles. The largest absolute Gasteiger partial charge is 0.481 e. The number of hydrogen-bond donors (Lipinski definition) is 3. The molecular formula is C12H15NO6. The molecule has 1 aromatic heterocycles. The van der Waals surface area contributed by atoms with Crippen LogP contribution in [0.4, 0.5) is 0 Å². The summed E-state index contributed by atoms with van der Waals surface area (Å²) in [7, 11) is 0. The van der Waals surface area contributed by atoms with Crippen LogP contribution in [-0.4, -0.2) is 34.1 Å². The second kappa shape index (κ2) is 6.03. The maximum Gasteiger partial charge on any atom is 0.326 e. The smallest absolute Gasteiger partial charge is 0.326 e. The molecular weight excluding hydrogens is 254 g/mol. The Bertz CT molecular complexity index is 504. The van der Waals surface area contributed by atoms with E-state index in [4.69, 9.17) is 14.6 Å². The molecule has 1 heterocycles. The molecule has 0 radical (unpaired) electrons. The van der Waals surface area contributed by atoms with Crippen LogP contribution in [-0.2, 0) is 9.59 Å². The Hall–Kier alpha value is -2.31. The highest BCUT2D eigenvalue weighted by Gasteiger charge is 2.23. The number of carboxylic acid groups (broad SMARTS) is 2. The van der Waals surface area contributed by atoms with Gasteiger partial charge in [-0.2, -0.15) is 0 Å². The number of furan rings is 1. The van der Waals surface area contributed by atoms with Gasteiger partial charge in [-0.3, -0.25) is 9.59 Å². The first-order valence-electron chi connectivity index (χ1n) is 5.63. The van der Waals surface area contributed by atoms with Crippen molar-refractivity contribution < 1.29 is 29.0 Å². The Morgan fingerprint density at radius 1 is 1.32 bits per heavy atom. The van der Waals surface area contributed by atoms with Crippen molar-refractivity contribution in [1.82, 2.24) is 5.32 Å². The molecule has 19 heavy (non-hydrogen) atoms. The van der Waals surface area contributed by atoms with Gasteiger partial charge in [0.25, 0.3) is 5.91 Å². The van der Waals surface area contributed by atoms with Crippen LogP contribution in [0.5, 0.6) is 0 Å². The van der Waals surface area contributed by atoms with Crippen LogP contribution in [0.2, 0.25) is 0 Å². The van der Waals surface area contributed by atoms with Crippen molar-refractivity contribution in [1.29, 1.82) is 0 Å². The fourth-order valence-electron chi connectivity index (χ4n) is 1.62. The van der Waals surface area contributed by atoms with Crippen LogP contribution in [0, 0.1) is 13.8 Å². The molecule has 7 heteroatoms. The first-order valence-corrected chi connectivity index (χ1v) is 5.63. The predicted molar refractivity (Wildman–Crippen MR) is 63.9 cm³/mol. The molecule has 1 rings (SSSR count). The lowest BCUT2D eigenvalue weighted by molar-refractivity contribution is -0.140. The lowest BCUT2D eigenvalue weighted by Gasteiger charge is -2.12. The van der Waals surface area contributed by atoms with Gasteiger partial charge in [-0.25, -0.2) is 4.79 Å². The van der Waals surface area contributed by atoms with E-state index in [-0.39, 0.29) is 18.4 Å². The van der Waals surface area contributed by atoms with E-state index in [1.807, 2.05) is 0 Å². The third-order valence-corrected chi connectivity index (χ3v) is 2.54. The summed E-state index contributed by atoms with van der Waals surface area (Å²) in [5.41, 5.74) is 0.249. The molecule has 0 saturated carbocycles. The second-order valence-corrected chi connectivity index (χ2v) is 4.12. The summed E-state index contributed by atoms with van der Waals surface area (Å²) >= 11 is 0. The number of aryl methyl sites for hydroxylation is 2. The number of nitrogens with one attached hydrogen (secondary N) is 1. The maximum absolute atomic E-state index is 11.9. The summed E-state index contributed by atoms with van der Waals surface area (Å²) in [5.74, 6) is -2.05. The van der Waals surface area contributed by atoms with Crippen LogP contribution >= 0.6 is 0 Å². The Morgan fingerprint density at radius 2 is 1.95 bits per heavy atom. The van der Waals surface area contributed by atoms with E-state index >= 15 is 0 Å². The quantitative estimate of drug-likeness (QED) is 0.707. The summed E-state index contributed by atoms with van der Waals surface area (Å²) in [6, 6.07) is 0.263. The van der Waals surface area contributed by atoms with Crippen molar-refractivity contribution in [2.24, 2.45) is 0 Å². The molecule has 1 atom stereocenters. The van der Waals surface area contributed by atoms with Crippen LogP contribution in [0.1, 0.15) is 34.7 Å². The fraction of sp³-hybridized carbons (Fsp3) is 0.417. The Labute approximate surface area is 109 Å². The Kier molecular flexibility index (Phi) is 4.68. The molecule has 0 saturated heterocycles. The molecule has 1 unspecified atom stereocenters. The standard InChI is InChI=1S/C12H15NO6/c1-6-5-8(7(2)19-6)11(16)13-9(12(17)18)3-4-10(14)15/h5,9H,3-4H2,1-2H3,(H,13,16)(H,14,15)(H,17,18). The van der Waals surface area contributed by atoms with Gasteiger partial charge >= 0.3 is 11.9 Å². The molecule has 1 amide bonds. The lowest BCUT2D eigenvalue weighted by atomic mass is 10.1. The highest BCUT2D eigenvalue weighted by Crippen LogP contribution is 2.14. The lowest BCUT2D eigenvalue weighted by Crippen LogP contribution is -2.41. The summed E-state index contributed by atoms with van der Waals surface area (Å²) in [6.07, 6.45) is -0.507. The Balaban J connectivity index is 2.74. The van der Waals surface area contributed by atoms with Gasteiger partial charge in [0.1, 0.15) is 17.6 Å². The number of carboxylic acids is 2. The number of carbonyl (C=O) groups excluding carboxylic acids is 1. The number of carbonyl (C=O) groups is 3. The Morgan fingerprint density at radius 3 is 2.37 bits per heavy atom. The third-order valence-electron chi connectivity index (χ3n) is 2.54. The van der Waals surface area contributed by atoms with Gasteiger partial charge in [-0.15, -0.1) is 0 Å². The highest BCUT2D eigenvalue weighted by molar-refractivity contribution is 5.97. The van der Waals surface area contributed by atoms with E-state index in [1.165, 1.54) is 6.07 Å². The molecule has 104 valence electrons. The molecule has 0 fully saturated rings. The van der Waals surface area contributed by atoms with Crippen molar-refractivity contribution in [2.75, 3.05) is 0 Å². The number of aliphatic carboxylic acids is 2. The average Bonchev–Trinajstić information content (AvgIpc) is 2.62. The van der Waals surface area contributed by atoms with Crippen LogP contribution in [0.3, 0.4) is 0 Å². The normalized spacial score (nSPS) is 11.9. The number of rotatable bonds is 6. The monoisotopic (exact) mass is 269 g/mol. The van der Waals surface area contributed by atoms with Gasteiger partial charge in [-0.05, 0) is 26.3 Å². The summed E-state index contributed by atoms with van der Waals surface area (Å²) in [4.78, 5) is 33.2. The van der Waals surface area contributed by atoms with Crippen molar-refractivity contribution in [2.45, 2.75) is 32.7 Å². The first-order chi connectivity index (χ1) is 8.81. The zero-order valence-electron chi connectivity index (χ0n) is 10.6. The van der Waals surface area contributed by atoms with E-state index in [0.717, 1.165) is 0 Å². The minimum Gasteiger partial charge on any atom is -0.481 e. The van der Waals surface area contributed by atoms with E-state index in [9.17, 15) is 14.4 Å². The summed E-state index contributed by atoms with van der Waals surface area (Å²) < 4.78 is 5.17. The van der Waals surface area contributed by atoms with Gasteiger partial charge in [0.15, 0.2) is 0 Å². The van der Waals surface area contributed by atoms with E-state index in [0.29, 0.717) is 11.5 Å². The molecule has 7 nitrogen and oxygen atoms in total. The summed E-state index contributed by atoms with van der Waals surface area (Å²) in [6.45, 7) is 3.26. The molecule has 0 bridgehead atoms. The molecule has 0 spiro atoms. The maximum atomic E-state index is 11.9. The van der Waals surface area contributed by atoms with Crippen molar-refractivity contribution in [3.05, 3.63) is 23.2 Å². The topological polar surface area (TPSA) is 117 Å². The molecule has 0 aromatic carbocycles. The van der Waals surface area contributed by atoms with Gasteiger partial charge in [0.2, 0.25) is 0 Å². The van der Waals surface area contributed by atoms with Crippen molar-refractivity contribution in [3.8, 4) is 0 Å². The zero-order chi connectivity index (χ0) is 14.6. The third kappa shape index (κ3) is 4.13. The van der Waals surface area contributed by atoms with Gasteiger partial charge in [0, 0.05) is 6.42 Å². The molecule has 0 aliphatic heterocycles. The number of amides is 1. The first kappa shape index (κ1) is 14.7. The van der Waals surface area contributed by atoms with Crippen molar-refractivity contribution >= 4 is 17.8 Å². The number of hydrogen-bond acceptors (Lipinski definition) is 4. The van der Waals surface area contributed by atoms with Crippen LogP contribution in [0.15, 0.2) is 10.5 Å². The molecule has 0 aliphatic rings. The van der Waals surface area contributed by atoms with Crippen LogP contribution in [0.25, 0.3) is 0 Å². The summed E-state index contributed by atoms with van der Waals surface area (Å²) in [5, 5.41) is 19.7. The fourth-order valence-corrected chi connectivity index (χ4v) is 1.62. The minimum atomic E-state index is -1.27. The highest BCUT2D eigenvalue weighted by atomic mass is 16.4.